The number of carbonyl (C=O) groups is 2. The van der Waals surface area contributed by atoms with Crippen molar-refractivity contribution in [2.45, 2.75) is 13.3 Å². The van der Waals surface area contributed by atoms with Crippen LogP contribution < -0.4 is 4.74 Å². The van der Waals surface area contributed by atoms with Crippen LogP contribution in [0.1, 0.15) is 23.7 Å². The third kappa shape index (κ3) is 3.59. The normalized spacial score (nSPS) is 11.7. The van der Waals surface area contributed by atoms with Gasteiger partial charge < -0.3 is 9.47 Å². The lowest BCUT2D eigenvalue weighted by molar-refractivity contribution is -0.144. The molecule has 0 aliphatic carbocycles. The smallest absolute Gasteiger partial charge is 0.308 e. The molecule has 0 saturated carbocycles. The predicted octanol–water partition coefficient (Wildman–Crippen LogP) is 2.08. The Morgan fingerprint density at radius 1 is 1.29 bits per heavy atom. The van der Waals surface area contributed by atoms with Crippen molar-refractivity contribution >= 4 is 11.8 Å². The molecule has 0 aromatic heterocycles. The van der Waals surface area contributed by atoms with Crippen molar-refractivity contribution in [3.05, 3.63) is 29.8 Å². The van der Waals surface area contributed by atoms with E-state index in [1.165, 1.54) is 7.11 Å². The van der Waals surface area contributed by atoms with Gasteiger partial charge in [-0.2, -0.15) is 0 Å². The summed E-state index contributed by atoms with van der Waals surface area (Å²) in [5, 5.41) is 0. The average molecular weight is 236 g/mol. The molecule has 0 saturated heterocycles. The molecule has 1 aromatic carbocycles. The van der Waals surface area contributed by atoms with E-state index < -0.39 is 5.92 Å². The minimum absolute atomic E-state index is 0.0956. The Morgan fingerprint density at radius 3 is 2.59 bits per heavy atom. The number of benzene rings is 1. The fraction of sp³-hybridized carbons (Fsp3) is 0.385. The maximum absolute atomic E-state index is 11.9. The lowest BCUT2D eigenvalue weighted by Gasteiger charge is -2.08. The van der Waals surface area contributed by atoms with Gasteiger partial charge in [-0.15, -0.1) is 0 Å². The van der Waals surface area contributed by atoms with Crippen LogP contribution >= 0.6 is 0 Å². The Balaban J connectivity index is 2.72. The number of ketones is 1. The van der Waals surface area contributed by atoms with Gasteiger partial charge in [0.1, 0.15) is 5.75 Å². The molecule has 1 atom stereocenters. The van der Waals surface area contributed by atoms with Crippen LogP contribution in [0.4, 0.5) is 0 Å². The van der Waals surface area contributed by atoms with Crippen molar-refractivity contribution < 1.29 is 19.1 Å². The number of rotatable bonds is 5. The maximum atomic E-state index is 11.9. The van der Waals surface area contributed by atoms with E-state index >= 15 is 0 Å². The molecule has 0 radical (unpaired) electrons. The summed E-state index contributed by atoms with van der Waals surface area (Å²) < 4.78 is 9.61. The van der Waals surface area contributed by atoms with Gasteiger partial charge in [-0.05, 0) is 12.1 Å². The first kappa shape index (κ1) is 13.2. The van der Waals surface area contributed by atoms with Gasteiger partial charge in [0.15, 0.2) is 5.78 Å². The molecule has 1 rings (SSSR count). The molecule has 0 fully saturated rings. The highest BCUT2D eigenvalue weighted by Gasteiger charge is 2.18. The summed E-state index contributed by atoms with van der Waals surface area (Å²) in [4.78, 5) is 23.1. The second-order valence-corrected chi connectivity index (χ2v) is 3.78. The molecule has 0 aliphatic rings. The van der Waals surface area contributed by atoms with E-state index in [4.69, 9.17) is 4.74 Å². The molecule has 0 amide bonds. The van der Waals surface area contributed by atoms with E-state index in [0.29, 0.717) is 11.3 Å². The molecule has 4 nitrogen and oxygen atoms in total. The average Bonchev–Trinajstić information content (AvgIpc) is 2.37. The van der Waals surface area contributed by atoms with Gasteiger partial charge in [-0.25, -0.2) is 0 Å². The van der Waals surface area contributed by atoms with Crippen LogP contribution in [0.25, 0.3) is 0 Å². The lowest BCUT2D eigenvalue weighted by Crippen LogP contribution is -2.16. The predicted molar refractivity (Wildman–Crippen MR) is 63.1 cm³/mol. The number of Topliss-reactive ketones (excluding diaryl/α,β-unsaturated/α-hetero) is 1. The summed E-state index contributed by atoms with van der Waals surface area (Å²) in [6.07, 6.45) is 0.139. The molecule has 17 heavy (non-hydrogen) atoms. The van der Waals surface area contributed by atoms with Gasteiger partial charge in [-0.1, -0.05) is 19.1 Å². The first-order valence-corrected chi connectivity index (χ1v) is 5.33. The van der Waals surface area contributed by atoms with E-state index in [1.54, 1.807) is 38.3 Å². The quantitative estimate of drug-likeness (QED) is 0.580. The van der Waals surface area contributed by atoms with E-state index in [0.717, 1.165) is 0 Å². The van der Waals surface area contributed by atoms with Crippen molar-refractivity contribution in [1.29, 1.82) is 0 Å². The summed E-state index contributed by atoms with van der Waals surface area (Å²) in [6, 6.07) is 6.87. The molecule has 4 heteroatoms. The Hall–Kier alpha value is -1.84. The second-order valence-electron chi connectivity index (χ2n) is 3.78. The first-order chi connectivity index (χ1) is 8.08. The van der Waals surface area contributed by atoms with Crippen LogP contribution in [0.2, 0.25) is 0 Å². The van der Waals surface area contributed by atoms with Crippen molar-refractivity contribution in [1.82, 2.24) is 0 Å². The summed E-state index contributed by atoms with van der Waals surface area (Å²) in [7, 11) is 2.86. The van der Waals surface area contributed by atoms with Crippen molar-refractivity contribution in [3.63, 3.8) is 0 Å². The molecule has 1 unspecified atom stereocenters. The van der Waals surface area contributed by atoms with Crippen LogP contribution in [-0.2, 0) is 9.53 Å². The van der Waals surface area contributed by atoms with Gasteiger partial charge in [0, 0.05) is 12.0 Å². The molecular weight excluding hydrogens is 220 g/mol. The monoisotopic (exact) mass is 236 g/mol. The molecule has 0 N–H and O–H groups in total. The number of carbonyl (C=O) groups excluding carboxylic acids is 2. The Kier molecular flexibility index (Phi) is 4.69. The molecule has 0 heterocycles. The summed E-state index contributed by atoms with van der Waals surface area (Å²) in [5.74, 6) is -0.275. The number of methoxy groups -OCH3 is 2. The van der Waals surface area contributed by atoms with Crippen LogP contribution in [-0.4, -0.2) is 26.0 Å². The van der Waals surface area contributed by atoms with Crippen molar-refractivity contribution in [2.24, 2.45) is 5.92 Å². The largest absolute Gasteiger partial charge is 0.497 e. The van der Waals surface area contributed by atoms with Crippen molar-refractivity contribution in [3.8, 4) is 5.75 Å². The molecule has 0 spiro atoms. The second kappa shape index (κ2) is 6.03. The Morgan fingerprint density at radius 2 is 2.00 bits per heavy atom. The third-order valence-corrected chi connectivity index (χ3v) is 2.49. The SMILES string of the molecule is COC(=O)C(C)CC(=O)c1cccc(OC)c1. The Labute approximate surface area is 101 Å². The topological polar surface area (TPSA) is 52.6 Å². The fourth-order valence-electron chi connectivity index (χ4n) is 1.48. The fourth-order valence-corrected chi connectivity index (χ4v) is 1.48. The van der Waals surface area contributed by atoms with Crippen LogP contribution in [0, 0.1) is 5.92 Å². The minimum atomic E-state index is -0.432. The van der Waals surface area contributed by atoms with E-state index in [9.17, 15) is 9.59 Å². The zero-order valence-corrected chi connectivity index (χ0v) is 10.2. The van der Waals surface area contributed by atoms with Gasteiger partial charge >= 0.3 is 5.97 Å². The van der Waals surface area contributed by atoms with Gasteiger partial charge in [-0.3, -0.25) is 9.59 Å². The number of hydrogen-bond donors (Lipinski definition) is 0. The molecule has 1 aromatic rings. The Bertz CT molecular complexity index is 412. The van der Waals surface area contributed by atoms with Crippen LogP contribution in [0.15, 0.2) is 24.3 Å². The number of hydrogen-bond acceptors (Lipinski definition) is 4. The number of ether oxygens (including phenoxy) is 2. The van der Waals surface area contributed by atoms with Gasteiger partial charge in [0.2, 0.25) is 0 Å². The summed E-state index contributed by atoms with van der Waals surface area (Å²) in [5.41, 5.74) is 0.542. The lowest BCUT2D eigenvalue weighted by atomic mass is 10.00. The van der Waals surface area contributed by atoms with E-state index in [1.807, 2.05) is 0 Å². The number of esters is 1. The van der Waals surface area contributed by atoms with E-state index in [-0.39, 0.29) is 18.2 Å². The van der Waals surface area contributed by atoms with Gasteiger partial charge in [0.05, 0.1) is 20.1 Å². The molecule has 0 aliphatic heterocycles. The first-order valence-electron chi connectivity index (χ1n) is 5.33. The van der Waals surface area contributed by atoms with Crippen LogP contribution in [0.5, 0.6) is 5.75 Å². The molecule has 0 bridgehead atoms. The third-order valence-electron chi connectivity index (χ3n) is 2.49. The summed E-state index contributed by atoms with van der Waals surface area (Å²) >= 11 is 0. The van der Waals surface area contributed by atoms with Crippen molar-refractivity contribution in [2.75, 3.05) is 14.2 Å². The molecular formula is C13H16O4. The minimum Gasteiger partial charge on any atom is -0.497 e. The summed E-state index contributed by atoms with van der Waals surface area (Å²) in [6.45, 7) is 1.67. The van der Waals surface area contributed by atoms with E-state index in [2.05, 4.69) is 4.74 Å². The maximum Gasteiger partial charge on any atom is 0.308 e. The van der Waals surface area contributed by atoms with Gasteiger partial charge in [0.25, 0.3) is 0 Å². The van der Waals surface area contributed by atoms with Crippen LogP contribution in [0.3, 0.4) is 0 Å². The highest BCUT2D eigenvalue weighted by atomic mass is 16.5. The highest BCUT2D eigenvalue weighted by Crippen LogP contribution is 2.16. The zero-order chi connectivity index (χ0) is 12.8. The zero-order valence-electron chi connectivity index (χ0n) is 10.2. The molecule has 92 valence electrons. The highest BCUT2D eigenvalue weighted by molar-refractivity contribution is 5.98. The standard InChI is InChI=1S/C13H16O4/c1-9(13(15)17-3)7-12(14)10-5-4-6-11(8-10)16-2/h4-6,8-9H,7H2,1-3H3.